The number of carbonyl (C=O) groups is 1. The number of benzene rings is 2. The van der Waals surface area contributed by atoms with Gasteiger partial charge in [-0.2, -0.15) is 0 Å². The molecule has 0 atom stereocenters. The van der Waals surface area contributed by atoms with Crippen molar-refractivity contribution in [3.63, 3.8) is 0 Å². The molecule has 3 aromatic rings. The highest BCUT2D eigenvalue weighted by atomic mass is 19.1. The van der Waals surface area contributed by atoms with Crippen LogP contribution in [0.4, 0.5) is 4.39 Å². The van der Waals surface area contributed by atoms with E-state index in [9.17, 15) is 9.18 Å². The molecule has 0 bridgehead atoms. The fourth-order valence-electron chi connectivity index (χ4n) is 3.57. The van der Waals surface area contributed by atoms with Gasteiger partial charge in [0.1, 0.15) is 5.82 Å². The number of hydrogen-bond acceptors (Lipinski definition) is 2. The van der Waals surface area contributed by atoms with E-state index in [0.29, 0.717) is 12.1 Å². The molecule has 4 nitrogen and oxygen atoms in total. The van der Waals surface area contributed by atoms with Crippen LogP contribution < -0.4 is 5.32 Å². The highest BCUT2D eigenvalue weighted by molar-refractivity contribution is 5.97. The second-order valence-corrected chi connectivity index (χ2v) is 6.77. The van der Waals surface area contributed by atoms with Gasteiger partial charge in [-0.1, -0.05) is 12.1 Å². The molecule has 1 aliphatic heterocycles. The van der Waals surface area contributed by atoms with Crippen LogP contribution in [0.15, 0.2) is 48.7 Å². The maximum Gasteiger partial charge on any atom is 0.251 e. The van der Waals surface area contributed by atoms with Crippen LogP contribution in [-0.4, -0.2) is 42.0 Å². The standard InChI is InChI=1S/C21H22FN3O/c22-17-7-8-18-19(14-24-20(18)13-17)15-3-5-16(6-4-15)21(26)23-9-12-25-10-1-2-11-25/h3-8,13-14,24H,1-2,9-12H2,(H,23,26). The molecule has 1 amide bonds. The van der Waals surface area contributed by atoms with Crippen molar-refractivity contribution < 1.29 is 9.18 Å². The molecule has 1 saturated heterocycles. The predicted octanol–water partition coefficient (Wildman–Crippen LogP) is 3.80. The molecule has 0 radical (unpaired) electrons. The summed E-state index contributed by atoms with van der Waals surface area (Å²) in [4.78, 5) is 17.8. The van der Waals surface area contributed by atoms with Crippen LogP contribution in [0.5, 0.6) is 0 Å². The summed E-state index contributed by atoms with van der Waals surface area (Å²) >= 11 is 0. The van der Waals surface area contributed by atoms with E-state index in [4.69, 9.17) is 0 Å². The lowest BCUT2D eigenvalue weighted by Gasteiger charge is -2.14. The van der Waals surface area contributed by atoms with Crippen molar-refractivity contribution in [2.45, 2.75) is 12.8 Å². The number of amides is 1. The number of likely N-dealkylation sites (tertiary alicyclic amines) is 1. The summed E-state index contributed by atoms with van der Waals surface area (Å²) in [5.74, 6) is -0.302. The number of rotatable bonds is 5. The molecular weight excluding hydrogens is 329 g/mol. The van der Waals surface area contributed by atoms with Gasteiger partial charge in [0.2, 0.25) is 0 Å². The minimum atomic E-state index is -0.258. The van der Waals surface area contributed by atoms with Crippen LogP contribution in [0.1, 0.15) is 23.2 Å². The number of carbonyl (C=O) groups excluding carboxylic acids is 1. The highest BCUT2D eigenvalue weighted by Gasteiger charge is 2.12. The smallest absolute Gasteiger partial charge is 0.251 e. The molecule has 1 aliphatic rings. The molecular formula is C21H22FN3O. The van der Waals surface area contributed by atoms with Crippen LogP contribution in [-0.2, 0) is 0 Å². The first-order valence-corrected chi connectivity index (χ1v) is 9.08. The second kappa shape index (κ2) is 7.30. The fourth-order valence-corrected chi connectivity index (χ4v) is 3.57. The van der Waals surface area contributed by atoms with Crippen molar-refractivity contribution in [3.8, 4) is 11.1 Å². The Kier molecular flexibility index (Phi) is 4.71. The number of aromatic nitrogens is 1. The molecule has 0 aliphatic carbocycles. The van der Waals surface area contributed by atoms with Crippen LogP contribution >= 0.6 is 0 Å². The number of H-pyrrole nitrogens is 1. The Morgan fingerprint density at radius 3 is 2.65 bits per heavy atom. The van der Waals surface area contributed by atoms with Gasteiger partial charge in [-0.05, 0) is 61.8 Å². The van der Waals surface area contributed by atoms with Gasteiger partial charge in [-0.25, -0.2) is 4.39 Å². The van der Waals surface area contributed by atoms with Gasteiger partial charge < -0.3 is 15.2 Å². The largest absolute Gasteiger partial charge is 0.360 e. The number of nitrogens with zero attached hydrogens (tertiary/aromatic N) is 1. The monoisotopic (exact) mass is 351 g/mol. The Bertz CT molecular complexity index is 911. The van der Waals surface area contributed by atoms with E-state index >= 15 is 0 Å². The molecule has 1 aromatic heterocycles. The van der Waals surface area contributed by atoms with E-state index < -0.39 is 0 Å². The van der Waals surface area contributed by atoms with Crippen molar-refractivity contribution in [2.75, 3.05) is 26.2 Å². The summed E-state index contributed by atoms with van der Waals surface area (Å²) in [5, 5.41) is 3.95. The molecule has 4 rings (SSSR count). The molecule has 134 valence electrons. The average Bonchev–Trinajstić information content (AvgIpc) is 3.31. The van der Waals surface area contributed by atoms with Crippen LogP contribution in [0, 0.1) is 5.82 Å². The van der Waals surface area contributed by atoms with E-state index in [-0.39, 0.29) is 11.7 Å². The van der Waals surface area contributed by atoms with Crippen LogP contribution in [0.25, 0.3) is 22.0 Å². The molecule has 1 fully saturated rings. The van der Waals surface area contributed by atoms with Gasteiger partial charge >= 0.3 is 0 Å². The molecule has 0 unspecified atom stereocenters. The molecule has 2 aromatic carbocycles. The Morgan fingerprint density at radius 1 is 1.12 bits per heavy atom. The van der Waals surface area contributed by atoms with E-state index in [1.54, 1.807) is 6.07 Å². The van der Waals surface area contributed by atoms with Crippen LogP contribution in [0.2, 0.25) is 0 Å². The number of fused-ring (bicyclic) bond motifs is 1. The highest BCUT2D eigenvalue weighted by Crippen LogP contribution is 2.29. The third-order valence-corrected chi connectivity index (χ3v) is 5.01. The SMILES string of the molecule is O=C(NCCN1CCCC1)c1ccc(-c2c[nH]c3cc(F)ccc23)cc1. The predicted molar refractivity (Wildman–Crippen MR) is 102 cm³/mol. The molecule has 2 heterocycles. The number of halogens is 1. The summed E-state index contributed by atoms with van der Waals surface area (Å²) in [6.07, 6.45) is 4.39. The summed E-state index contributed by atoms with van der Waals surface area (Å²) in [7, 11) is 0. The van der Waals surface area contributed by atoms with Gasteiger partial charge in [-0.3, -0.25) is 4.79 Å². The molecule has 0 spiro atoms. The summed E-state index contributed by atoms with van der Waals surface area (Å²) in [6, 6.07) is 12.3. The van der Waals surface area contributed by atoms with Gasteiger partial charge in [-0.15, -0.1) is 0 Å². The maximum absolute atomic E-state index is 13.3. The van der Waals surface area contributed by atoms with E-state index in [0.717, 1.165) is 41.7 Å². The third-order valence-electron chi connectivity index (χ3n) is 5.01. The molecule has 0 saturated carbocycles. The lowest BCUT2D eigenvalue weighted by Crippen LogP contribution is -2.33. The number of hydrogen-bond donors (Lipinski definition) is 2. The Balaban J connectivity index is 1.43. The first-order valence-electron chi connectivity index (χ1n) is 9.08. The average molecular weight is 351 g/mol. The Hall–Kier alpha value is -2.66. The van der Waals surface area contributed by atoms with E-state index in [2.05, 4.69) is 15.2 Å². The van der Waals surface area contributed by atoms with Crippen molar-refractivity contribution >= 4 is 16.8 Å². The van der Waals surface area contributed by atoms with E-state index in [1.807, 2.05) is 30.5 Å². The zero-order chi connectivity index (χ0) is 17.9. The van der Waals surface area contributed by atoms with Gasteiger partial charge in [0.25, 0.3) is 5.91 Å². The minimum Gasteiger partial charge on any atom is -0.360 e. The maximum atomic E-state index is 13.3. The third kappa shape index (κ3) is 3.48. The topological polar surface area (TPSA) is 48.1 Å². The number of aromatic amines is 1. The van der Waals surface area contributed by atoms with Gasteiger partial charge in [0.15, 0.2) is 0 Å². The molecule has 2 N–H and O–H groups in total. The first-order chi connectivity index (χ1) is 12.7. The summed E-state index contributed by atoms with van der Waals surface area (Å²) < 4.78 is 13.3. The molecule has 5 heteroatoms. The molecule has 26 heavy (non-hydrogen) atoms. The van der Waals surface area contributed by atoms with Crippen molar-refractivity contribution in [3.05, 3.63) is 60.0 Å². The lowest BCUT2D eigenvalue weighted by molar-refractivity contribution is 0.0950. The summed E-state index contributed by atoms with van der Waals surface area (Å²) in [5.41, 5.74) is 3.42. The van der Waals surface area contributed by atoms with Gasteiger partial charge in [0, 0.05) is 41.3 Å². The quantitative estimate of drug-likeness (QED) is 0.734. The zero-order valence-corrected chi connectivity index (χ0v) is 14.6. The van der Waals surface area contributed by atoms with Crippen molar-refractivity contribution in [1.82, 2.24) is 15.2 Å². The van der Waals surface area contributed by atoms with E-state index in [1.165, 1.54) is 25.0 Å². The van der Waals surface area contributed by atoms with Crippen LogP contribution in [0.3, 0.4) is 0 Å². The Labute approximate surface area is 152 Å². The van der Waals surface area contributed by atoms with Crippen molar-refractivity contribution in [1.29, 1.82) is 0 Å². The van der Waals surface area contributed by atoms with Gasteiger partial charge in [0.05, 0.1) is 0 Å². The Morgan fingerprint density at radius 2 is 1.88 bits per heavy atom. The zero-order valence-electron chi connectivity index (χ0n) is 14.6. The first kappa shape index (κ1) is 16.8. The normalized spacial score (nSPS) is 14.8. The summed E-state index contributed by atoms with van der Waals surface area (Å²) in [6.45, 7) is 3.86. The minimum absolute atomic E-state index is 0.0447. The van der Waals surface area contributed by atoms with Crippen molar-refractivity contribution in [2.24, 2.45) is 0 Å². The fraction of sp³-hybridized carbons (Fsp3) is 0.286. The lowest BCUT2D eigenvalue weighted by atomic mass is 10.0. The second-order valence-electron chi connectivity index (χ2n) is 6.77. The number of nitrogens with one attached hydrogen (secondary N) is 2.